The third kappa shape index (κ3) is 3.60. The van der Waals surface area contributed by atoms with Crippen LogP contribution in [0, 0.1) is 11.6 Å². The smallest absolute Gasteiger partial charge is 0.166 e. The summed E-state index contributed by atoms with van der Waals surface area (Å²) in [6, 6.07) is 9.56. The summed E-state index contributed by atoms with van der Waals surface area (Å²) in [4.78, 5) is 0. The highest BCUT2D eigenvalue weighted by atomic mass is 79.9. The Labute approximate surface area is 130 Å². The van der Waals surface area contributed by atoms with Crippen molar-refractivity contribution >= 4 is 15.9 Å². The van der Waals surface area contributed by atoms with Gasteiger partial charge in [-0.25, -0.2) is 8.78 Å². The van der Waals surface area contributed by atoms with Gasteiger partial charge in [-0.1, -0.05) is 22.0 Å². The van der Waals surface area contributed by atoms with Crippen molar-refractivity contribution in [3.63, 3.8) is 0 Å². The molecule has 1 aliphatic rings. The van der Waals surface area contributed by atoms with Gasteiger partial charge in [-0.05, 0) is 43.2 Å². The van der Waals surface area contributed by atoms with E-state index in [9.17, 15) is 8.78 Å². The number of ether oxygens (including phenoxy) is 1. The minimum atomic E-state index is -0.491. The molecule has 1 aliphatic carbocycles. The second-order valence-corrected chi connectivity index (χ2v) is 5.96. The summed E-state index contributed by atoms with van der Waals surface area (Å²) in [6.07, 6.45) is 2.23. The van der Waals surface area contributed by atoms with Gasteiger partial charge >= 0.3 is 0 Å². The van der Waals surface area contributed by atoms with Crippen molar-refractivity contribution in [3.05, 3.63) is 58.1 Å². The van der Waals surface area contributed by atoms with Gasteiger partial charge in [0.1, 0.15) is 11.6 Å². The van der Waals surface area contributed by atoms with Crippen molar-refractivity contribution in [3.8, 4) is 11.5 Å². The Bertz CT molecular complexity index is 659. The van der Waals surface area contributed by atoms with Gasteiger partial charge in [0.15, 0.2) is 11.6 Å². The predicted molar refractivity (Wildman–Crippen MR) is 80.4 cm³/mol. The molecule has 0 amide bonds. The summed E-state index contributed by atoms with van der Waals surface area (Å²) < 4.78 is 34.0. The maximum Gasteiger partial charge on any atom is 0.166 e. The fraction of sp³-hybridized carbons (Fsp3) is 0.250. The number of benzene rings is 2. The van der Waals surface area contributed by atoms with E-state index in [1.165, 1.54) is 18.2 Å². The van der Waals surface area contributed by atoms with Crippen LogP contribution in [0.2, 0.25) is 0 Å². The molecular weight excluding hydrogens is 340 g/mol. The van der Waals surface area contributed by atoms with Crippen LogP contribution in [0.4, 0.5) is 8.78 Å². The molecule has 0 heterocycles. The van der Waals surface area contributed by atoms with Crippen LogP contribution < -0.4 is 10.1 Å². The first-order valence-corrected chi connectivity index (χ1v) is 7.56. The van der Waals surface area contributed by atoms with E-state index in [1.54, 1.807) is 18.2 Å². The largest absolute Gasteiger partial charge is 0.454 e. The second-order valence-electron chi connectivity index (χ2n) is 5.05. The molecule has 0 aliphatic heterocycles. The first kappa shape index (κ1) is 14.5. The Kier molecular flexibility index (Phi) is 4.22. The monoisotopic (exact) mass is 353 g/mol. The second kappa shape index (κ2) is 6.12. The fourth-order valence-corrected chi connectivity index (χ4v) is 2.35. The molecule has 110 valence electrons. The van der Waals surface area contributed by atoms with Crippen molar-refractivity contribution in [1.82, 2.24) is 5.32 Å². The molecule has 5 heteroatoms. The molecule has 2 aromatic carbocycles. The van der Waals surface area contributed by atoms with Gasteiger partial charge in [-0.3, -0.25) is 0 Å². The third-order valence-corrected chi connectivity index (χ3v) is 3.83. The summed E-state index contributed by atoms with van der Waals surface area (Å²) in [7, 11) is 0. The number of nitrogens with one attached hydrogen (secondary N) is 1. The zero-order valence-corrected chi connectivity index (χ0v) is 12.8. The van der Waals surface area contributed by atoms with E-state index in [0.717, 1.165) is 12.8 Å². The fourth-order valence-electron chi connectivity index (χ4n) is 2.02. The molecule has 0 saturated heterocycles. The third-order valence-electron chi connectivity index (χ3n) is 3.33. The molecule has 2 nitrogen and oxygen atoms in total. The van der Waals surface area contributed by atoms with E-state index < -0.39 is 5.82 Å². The predicted octanol–water partition coefficient (Wildman–Crippen LogP) is 4.77. The molecule has 0 unspecified atom stereocenters. The topological polar surface area (TPSA) is 21.3 Å². The van der Waals surface area contributed by atoms with Crippen LogP contribution >= 0.6 is 15.9 Å². The average Bonchev–Trinajstić information content (AvgIpc) is 3.25. The molecule has 0 atom stereocenters. The zero-order valence-electron chi connectivity index (χ0n) is 11.2. The highest BCUT2D eigenvalue weighted by molar-refractivity contribution is 9.10. The normalized spacial score (nSPS) is 14.2. The quantitative estimate of drug-likeness (QED) is 0.835. The van der Waals surface area contributed by atoms with Crippen LogP contribution in [0.3, 0.4) is 0 Å². The van der Waals surface area contributed by atoms with Crippen molar-refractivity contribution < 1.29 is 13.5 Å². The number of hydrogen-bond donors (Lipinski definition) is 1. The van der Waals surface area contributed by atoms with E-state index >= 15 is 0 Å². The van der Waals surface area contributed by atoms with Gasteiger partial charge < -0.3 is 10.1 Å². The Morgan fingerprint density at radius 2 is 1.90 bits per heavy atom. The van der Waals surface area contributed by atoms with Gasteiger partial charge in [0, 0.05) is 22.6 Å². The van der Waals surface area contributed by atoms with Crippen LogP contribution in [0.1, 0.15) is 18.4 Å². The highest BCUT2D eigenvalue weighted by Crippen LogP contribution is 2.31. The minimum Gasteiger partial charge on any atom is -0.454 e. The molecule has 0 radical (unpaired) electrons. The first-order chi connectivity index (χ1) is 10.1. The molecule has 0 aromatic heterocycles. The summed E-state index contributed by atoms with van der Waals surface area (Å²) in [5.74, 6) is -0.422. The van der Waals surface area contributed by atoms with E-state index in [0.29, 0.717) is 28.4 Å². The Morgan fingerprint density at radius 3 is 2.62 bits per heavy atom. The molecule has 1 saturated carbocycles. The molecule has 3 rings (SSSR count). The van der Waals surface area contributed by atoms with Crippen LogP contribution in [-0.2, 0) is 6.54 Å². The lowest BCUT2D eigenvalue weighted by atomic mass is 10.2. The van der Waals surface area contributed by atoms with Crippen molar-refractivity contribution in [2.45, 2.75) is 25.4 Å². The SMILES string of the molecule is Fc1cc(Br)ccc1Oc1cccc(F)c1CNC1CC1. The number of hydrogen-bond acceptors (Lipinski definition) is 2. The summed E-state index contributed by atoms with van der Waals surface area (Å²) in [5, 5.41) is 3.24. The van der Waals surface area contributed by atoms with Crippen molar-refractivity contribution in [2.75, 3.05) is 0 Å². The highest BCUT2D eigenvalue weighted by Gasteiger charge is 2.22. The average molecular weight is 354 g/mol. The van der Waals surface area contributed by atoms with E-state index in [2.05, 4.69) is 21.2 Å². The van der Waals surface area contributed by atoms with Crippen LogP contribution in [0.5, 0.6) is 11.5 Å². The summed E-state index contributed by atoms with van der Waals surface area (Å²) >= 11 is 3.19. The Balaban J connectivity index is 1.84. The van der Waals surface area contributed by atoms with E-state index in [-0.39, 0.29) is 11.6 Å². The zero-order chi connectivity index (χ0) is 14.8. The van der Waals surface area contributed by atoms with Gasteiger partial charge in [0.25, 0.3) is 0 Å². The van der Waals surface area contributed by atoms with Crippen molar-refractivity contribution in [1.29, 1.82) is 0 Å². The van der Waals surface area contributed by atoms with Gasteiger partial charge in [0.05, 0.1) is 0 Å². The van der Waals surface area contributed by atoms with Crippen LogP contribution in [0.25, 0.3) is 0 Å². The minimum absolute atomic E-state index is 0.0801. The molecular formula is C16H14BrF2NO. The lowest BCUT2D eigenvalue weighted by Crippen LogP contribution is -2.16. The number of halogens is 3. The molecule has 0 spiro atoms. The van der Waals surface area contributed by atoms with E-state index in [4.69, 9.17) is 4.74 Å². The summed E-state index contributed by atoms with van der Waals surface area (Å²) in [6.45, 7) is 0.380. The number of rotatable bonds is 5. The van der Waals surface area contributed by atoms with Gasteiger partial charge in [-0.2, -0.15) is 0 Å². The molecule has 1 N–H and O–H groups in total. The Morgan fingerprint density at radius 1 is 1.10 bits per heavy atom. The van der Waals surface area contributed by atoms with Gasteiger partial charge in [0.2, 0.25) is 0 Å². The lowest BCUT2D eigenvalue weighted by Gasteiger charge is -2.13. The summed E-state index contributed by atoms with van der Waals surface area (Å²) in [5.41, 5.74) is 0.423. The first-order valence-electron chi connectivity index (χ1n) is 6.77. The van der Waals surface area contributed by atoms with Gasteiger partial charge in [-0.15, -0.1) is 0 Å². The molecule has 0 bridgehead atoms. The molecule has 1 fully saturated rings. The maximum absolute atomic E-state index is 14.0. The molecule has 2 aromatic rings. The standard InChI is InChI=1S/C16H14BrF2NO/c17-10-4-7-16(14(19)8-10)21-15-3-1-2-13(18)12(15)9-20-11-5-6-11/h1-4,7-8,11,20H,5-6,9H2. The molecule has 21 heavy (non-hydrogen) atoms. The lowest BCUT2D eigenvalue weighted by molar-refractivity contribution is 0.429. The van der Waals surface area contributed by atoms with Crippen molar-refractivity contribution in [2.24, 2.45) is 0 Å². The van der Waals surface area contributed by atoms with Crippen LogP contribution in [-0.4, -0.2) is 6.04 Å². The maximum atomic E-state index is 14.0. The Hall–Kier alpha value is -1.46. The van der Waals surface area contributed by atoms with Crippen LogP contribution in [0.15, 0.2) is 40.9 Å². The van der Waals surface area contributed by atoms with E-state index in [1.807, 2.05) is 0 Å².